The first-order valence-electron chi connectivity index (χ1n) is 5.64. The van der Waals surface area contributed by atoms with Gasteiger partial charge in [-0.25, -0.2) is 0 Å². The summed E-state index contributed by atoms with van der Waals surface area (Å²) in [6.45, 7) is 16.1. The summed E-state index contributed by atoms with van der Waals surface area (Å²) in [5.41, 5.74) is 0.216. The Kier molecular flexibility index (Phi) is 4.38. The molecule has 1 aliphatic heterocycles. The van der Waals surface area contributed by atoms with Crippen molar-refractivity contribution >= 4 is 15.9 Å². The van der Waals surface area contributed by atoms with Gasteiger partial charge in [0.15, 0.2) is 0 Å². The Hall–Kier alpha value is 0.140. The van der Waals surface area contributed by atoms with Crippen LogP contribution in [0.5, 0.6) is 0 Å². The Morgan fingerprint density at radius 3 is 2.67 bits per heavy atom. The normalized spacial score (nSPS) is 26.9. The van der Waals surface area contributed by atoms with Gasteiger partial charge in [0.05, 0.1) is 0 Å². The monoisotopic (exact) mass is 274 g/mol. The average Bonchev–Trinajstić information content (AvgIpc) is 1.99. The lowest BCUT2D eigenvalue weighted by molar-refractivity contribution is 0.0800. The van der Waals surface area contributed by atoms with Crippen LogP contribution in [0, 0.1) is 5.92 Å². The fraction of sp³-hybridized carbons (Fsp3) is 0.833. The lowest BCUT2D eigenvalue weighted by atomic mass is 9.93. The number of nitrogens with zero attached hydrogens (tertiary/aromatic N) is 1. The summed E-state index contributed by atoms with van der Waals surface area (Å²) < 4.78 is 1.07. The molecule has 0 bridgehead atoms. The maximum absolute atomic E-state index is 3.95. The van der Waals surface area contributed by atoms with E-state index in [4.69, 9.17) is 0 Å². The molecule has 1 aliphatic rings. The van der Waals surface area contributed by atoms with E-state index in [0.29, 0.717) is 12.0 Å². The van der Waals surface area contributed by atoms with Crippen molar-refractivity contribution in [1.29, 1.82) is 0 Å². The third-order valence-corrected chi connectivity index (χ3v) is 3.25. The summed E-state index contributed by atoms with van der Waals surface area (Å²) in [4.78, 5) is 2.53. The number of piperazine rings is 1. The van der Waals surface area contributed by atoms with Gasteiger partial charge in [0, 0.05) is 35.7 Å². The van der Waals surface area contributed by atoms with Gasteiger partial charge in [0.25, 0.3) is 0 Å². The first-order chi connectivity index (χ1) is 6.82. The van der Waals surface area contributed by atoms with Crippen LogP contribution in [0.1, 0.15) is 27.7 Å². The van der Waals surface area contributed by atoms with Crippen molar-refractivity contribution in [2.75, 3.05) is 19.6 Å². The smallest absolute Gasteiger partial charge is 0.0298 e. The lowest BCUT2D eigenvalue weighted by Crippen LogP contribution is -2.62. The van der Waals surface area contributed by atoms with E-state index >= 15 is 0 Å². The number of hydrogen-bond acceptors (Lipinski definition) is 2. The second kappa shape index (κ2) is 4.98. The first-order valence-corrected chi connectivity index (χ1v) is 6.43. The predicted molar refractivity (Wildman–Crippen MR) is 70.3 cm³/mol. The molecule has 0 aliphatic carbocycles. The Labute approximate surface area is 102 Å². The third kappa shape index (κ3) is 3.89. The SMILES string of the molecule is C=C(Br)CN1CC(C)(C)NCC1C(C)C. The Morgan fingerprint density at radius 1 is 1.60 bits per heavy atom. The first kappa shape index (κ1) is 13.2. The molecule has 15 heavy (non-hydrogen) atoms. The van der Waals surface area contributed by atoms with Crippen molar-refractivity contribution in [3.8, 4) is 0 Å². The van der Waals surface area contributed by atoms with Gasteiger partial charge < -0.3 is 5.32 Å². The number of nitrogens with one attached hydrogen (secondary N) is 1. The van der Waals surface area contributed by atoms with E-state index in [2.05, 4.69) is 60.4 Å². The highest BCUT2D eigenvalue weighted by atomic mass is 79.9. The maximum Gasteiger partial charge on any atom is 0.0298 e. The summed E-state index contributed by atoms with van der Waals surface area (Å²) >= 11 is 3.47. The molecule has 1 N–H and O–H groups in total. The van der Waals surface area contributed by atoms with Crippen LogP contribution in [0.15, 0.2) is 11.1 Å². The highest BCUT2D eigenvalue weighted by molar-refractivity contribution is 9.11. The fourth-order valence-electron chi connectivity index (χ4n) is 2.24. The number of rotatable bonds is 3. The zero-order chi connectivity index (χ0) is 11.6. The van der Waals surface area contributed by atoms with Crippen LogP contribution in [0.2, 0.25) is 0 Å². The van der Waals surface area contributed by atoms with Crippen molar-refractivity contribution in [1.82, 2.24) is 10.2 Å². The number of hydrogen-bond donors (Lipinski definition) is 1. The highest BCUT2D eigenvalue weighted by Gasteiger charge is 2.33. The molecule has 1 heterocycles. The molecule has 0 aromatic heterocycles. The van der Waals surface area contributed by atoms with Gasteiger partial charge in [0.1, 0.15) is 0 Å². The highest BCUT2D eigenvalue weighted by Crippen LogP contribution is 2.21. The Bertz CT molecular complexity index is 236. The molecule has 0 aromatic rings. The summed E-state index contributed by atoms with van der Waals surface area (Å²) in [5, 5.41) is 3.61. The summed E-state index contributed by atoms with van der Waals surface area (Å²) in [5.74, 6) is 0.681. The summed E-state index contributed by atoms with van der Waals surface area (Å²) in [7, 11) is 0. The molecular weight excluding hydrogens is 252 g/mol. The zero-order valence-corrected chi connectivity index (χ0v) is 11.9. The lowest BCUT2D eigenvalue weighted by Gasteiger charge is -2.46. The molecule has 3 heteroatoms. The van der Waals surface area contributed by atoms with Gasteiger partial charge in [0.2, 0.25) is 0 Å². The standard InChI is InChI=1S/C12H23BrN2/c1-9(2)11-6-14-12(4,5)8-15(11)7-10(3)13/h9,11,14H,3,6-8H2,1-2,4-5H3. The van der Waals surface area contributed by atoms with Crippen LogP contribution < -0.4 is 5.32 Å². The molecule has 1 rings (SSSR count). The van der Waals surface area contributed by atoms with Gasteiger partial charge >= 0.3 is 0 Å². The molecular formula is C12H23BrN2. The largest absolute Gasteiger partial charge is 0.309 e. The summed E-state index contributed by atoms with van der Waals surface area (Å²) in [6.07, 6.45) is 0. The van der Waals surface area contributed by atoms with Crippen molar-refractivity contribution in [2.24, 2.45) is 5.92 Å². The van der Waals surface area contributed by atoms with Crippen molar-refractivity contribution in [3.05, 3.63) is 11.1 Å². The van der Waals surface area contributed by atoms with E-state index in [1.807, 2.05) is 0 Å². The second-order valence-electron chi connectivity index (χ2n) is 5.50. The average molecular weight is 275 g/mol. The van der Waals surface area contributed by atoms with Gasteiger partial charge in [-0.2, -0.15) is 0 Å². The van der Waals surface area contributed by atoms with Gasteiger partial charge in [-0.15, -0.1) is 0 Å². The van der Waals surface area contributed by atoms with Crippen molar-refractivity contribution < 1.29 is 0 Å². The molecule has 1 saturated heterocycles. The molecule has 2 nitrogen and oxygen atoms in total. The quantitative estimate of drug-likeness (QED) is 0.851. The van der Waals surface area contributed by atoms with Crippen LogP contribution >= 0.6 is 15.9 Å². The zero-order valence-electron chi connectivity index (χ0n) is 10.3. The Balaban J connectivity index is 2.69. The number of halogens is 1. The van der Waals surface area contributed by atoms with Crippen LogP contribution in [0.3, 0.4) is 0 Å². The van der Waals surface area contributed by atoms with E-state index in [1.54, 1.807) is 0 Å². The van der Waals surface area contributed by atoms with Crippen LogP contribution in [-0.2, 0) is 0 Å². The fourth-order valence-corrected chi connectivity index (χ4v) is 2.56. The molecule has 0 spiro atoms. The molecule has 0 saturated carbocycles. The molecule has 1 unspecified atom stereocenters. The van der Waals surface area contributed by atoms with E-state index in [9.17, 15) is 0 Å². The minimum atomic E-state index is 0.216. The molecule has 0 radical (unpaired) electrons. The molecule has 0 amide bonds. The van der Waals surface area contributed by atoms with E-state index < -0.39 is 0 Å². The third-order valence-electron chi connectivity index (χ3n) is 3.00. The molecule has 1 fully saturated rings. The van der Waals surface area contributed by atoms with E-state index in [1.165, 1.54) is 0 Å². The Morgan fingerprint density at radius 2 is 2.20 bits per heavy atom. The topological polar surface area (TPSA) is 15.3 Å². The van der Waals surface area contributed by atoms with E-state index in [-0.39, 0.29) is 5.54 Å². The van der Waals surface area contributed by atoms with Crippen molar-refractivity contribution in [3.63, 3.8) is 0 Å². The predicted octanol–water partition coefficient (Wildman–Crippen LogP) is 2.60. The maximum atomic E-state index is 3.95. The van der Waals surface area contributed by atoms with E-state index in [0.717, 1.165) is 24.1 Å². The van der Waals surface area contributed by atoms with Crippen LogP contribution in [-0.4, -0.2) is 36.1 Å². The summed E-state index contributed by atoms with van der Waals surface area (Å²) in [6, 6.07) is 0.618. The van der Waals surface area contributed by atoms with Crippen molar-refractivity contribution in [2.45, 2.75) is 39.3 Å². The van der Waals surface area contributed by atoms with Gasteiger partial charge in [-0.3, -0.25) is 4.90 Å². The molecule has 0 aromatic carbocycles. The van der Waals surface area contributed by atoms with Gasteiger partial charge in [-0.05, 0) is 19.8 Å². The molecule has 1 atom stereocenters. The second-order valence-corrected chi connectivity index (χ2v) is 6.62. The van der Waals surface area contributed by atoms with Gasteiger partial charge in [-0.1, -0.05) is 36.4 Å². The minimum absolute atomic E-state index is 0.216. The van der Waals surface area contributed by atoms with Crippen LogP contribution in [0.4, 0.5) is 0 Å². The minimum Gasteiger partial charge on any atom is -0.309 e. The van der Waals surface area contributed by atoms with Crippen LogP contribution in [0.25, 0.3) is 0 Å². The molecule has 88 valence electrons.